The molecule has 9 heteroatoms. The molecule has 6 rings (SSSR count). The van der Waals surface area contributed by atoms with Crippen molar-refractivity contribution in [3.63, 3.8) is 0 Å². The molecule has 0 saturated carbocycles. The van der Waals surface area contributed by atoms with E-state index in [-0.39, 0.29) is 30.5 Å². The van der Waals surface area contributed by atoms with Crippen LogP contribution in [0.1, 0.15) is 44.3 Å². The SMILES string of the molecule is O=C(O)c1ccc(OCCc2c(COCc3ccccc3[N+](=O)[O-])n(C(c3ccccc3)c3ccccc3)c3ccc(Cl)cc23)cc1. The highest BCUT2D eigenvalue weighted by atomic mass is 35.5. The quantitative estimate of drug-likeness (QED) is 0.0993. The zero-order chi connectivity index (χ0) is 32.8. The standard InChI is InChI=1S/C38H31ClN2O6/c39-30-17-20-35-33(23-30)32(21-22-47-31-18-15-28(16-19-31)38(42)43)36(25-46-24-29-13-7-8-14-34(29)41(44)45)40(35)37(26-9-3-1-4-10-26)27-11-5-2-6-12-27/h1-20,23,37H,21-22,24-25H2,(H,42,43). The van der Waals surface area contributed by atoms with Crippen molar-refractivity contribution >= 4 is 34.2 Å². The molecule has 0 unspecified atom stereocenters. The van der Waals surface area contributed by atoms with Crippen LogP contribution < -0.4 is 4.74 Å². The van der Waals surface area contributed by atoms with Crippen LogP contribution in [0.25, 0.3) is 10.9 Å². The topological polar surface area (TPSA) is 104 Å². The minimum Gasteiger partial charge on any atom is -0.493 e. The monoisotopic (exact) mass is 646 g/mol. The lowest BCUT2D eigenvalue weighted by atomic mass is 9.98. The van der Waals surface area contributed by atoms with Gasteiger partial charge in [0.15, 0.2) is 0 Å². The number of aromatic nitrogens is 1. The Morgan fingerprint density at radius 3 is 2.11 bits per heavy atom. The van der Waals surface area contributed by atoms with Gasteiger partial charge in [-0.3, -0.25) is 10.1 Å². The maximum absolute atomic E-state index is 11.7. The Morgan fingerprint density at radius 1 is 0.830 bits per heavy atom. The lowest BCUT2D eigenvalue weighted by molar-refractivity contribution is -0.386. The van der Waals surface area contributed by atoms with Gasteiger partial charge in [0.1, 0.15) is 5.75 Å². The van der Waals surface area contributed by atoms with Gasteiger partial charge in [-0.25, -0.2) is 4.79 Å². The van der Waals surface area contributed by atoms with Crippen molar-refractivity contribution in [3.8, 4) is 5.75 Å². The summed E-state index contributed by atoms with van der Waals surface area (Å²) in [5.74, 6) is -0.449. The molecule has 1 heterocycles. The number of carboxylic acids is 1. The minimum atomic E-state index is -1.00. The van der Waals surface area contributed by atoms with Crippen LogP contribution in [0, 0.1) is 10.1 Å². The van der Waals surface area contributed by atoms with Crippen LogP contribution in [0.15, 0.2) is 127 Å². The normalized spacial score (nSPS) is 11.2. The number of nitro groups is 1. The minimum absolute atomic E-state index is 0.00816. The number of benzene rings is 5. The summed E-state index contributed by atoms with van der Waals surface area (Å²) in [7, 11) is 0. The summed E-state index contributed by atoms with van der Waals surface area (Å²) in [5.41, 5.74) is 5.65. The highest BCUT2D eigenvalue weighted by Gasteiger charge is 2.26. The highest BCUT2D eigenvalue weighted by molar-refractivity contribution is 6.31. The third-order valence-corrected chi connectivity index (χ3v) is 8.31. The van der Waals surface area contributed by atoms with E-state index in [0.29, 0.717) is 29.4 Å². The summed E-state index contributed by atoms with van der Waals surface area (Å²) in [6.45, 7) is 0.514. The Kier molecular flexibility index (Phi) is 9.61. The Hall–Kier alpha value is -5.44. The molecule has 0 atom stereocenters. The number of fused-ring (bicyclic) bond motifs is 1. The lowest BCUT2D eigenvalue weighted by Gasteiger charge is -2.25. The average molecular weight is 647 g/mol. The fraction of sp³-hybridized carbons (Fsp3) is 0.132. The third kappa shape index (κ3) is 7.04. The van der Waals surface area contributed by atoms with Crippen LogP contribution in [0.5, 0.6) is 5.75 Å². The largest absolute Gasteiger partial charge is 0.493 e. The number of carboxylic acid groups (broad SMARTS) is 1. The maximum atomic E-state index is 11.7. The fourth-order valence-electron chi connectivity index (χ4n) is 5.93. The molecule has 47 heavy (non-hydrogen) atoms. The predicted octanol–water partition coefficient (Wildman–Crippen LogP) is 8.88. The van der Waals surface area contributed by atoms with Crippen LogP contribution in [-0.2, 0) is 24.4 Å². The molecule has 0 aliphatic carbocycles. The van der Waals surface area contributed by atoms with Crippen molar-refractivity contribution in [2.75, 3.05) is 6.61 Å². The van der Waals surface area contributed by atoms with Crippen molar-refractivity contribution in [3.05, 3.63) is 176 Å². The second kappa shape index (κ2) is 14.3. The first kappa shape index (κ1) is 31.5. The van der Waals surface area contributed by atoms with Gasteiger partial charge in [0.25, 0.3) is 5.69 Å². The zero-order valence-electron chi connectivity index (χ0n) is 25.3. The van der Waals surface area contributed by atoms with E-state index < -0.39 is 10.9 Å². The first-order valence-electron chi connectivity index (χ1n) is 15.1. The Labute approximate surface area is 276 Å². The van der Waals surface area contributed by atoms with E-state index in [4.69, 9.17) is 21.1 Å². The molecule has 8 nitrogen and oxygen atoms in total. The molecule has 236 valence electrons. The van der Waals surface area contributed by atoms with Crippen molar-refractivity contribution in [2.45, 2.75) is 25.7 Å². The van der Waals surface area contributed by atoms with E-state index >= 15 is 0 Å². The molecule has 1 aromatic heterocycles. The van der Waals surface area contributed by atoms with E-state index in [9.17, 15) is 20.0 Å². The number of ether oxygens (including phenoxy) is 2. The van der Waals surface area contributed by atoms with Gasteiger partial charge < -0.3 is 19.1 Å². The second-order valence-electron chi connectivity index (χ2n) is 11.0. The van der Waals surface area contributed by atoms with Gasteiger partial charge in [-0.05, 0) is 65.2 Å². The maximum Gasteiger partial charge on any atom is 0.335 e. The summed E-state index contributed by atoms with van der Waals surface area (Å²) in [4.78, 5) is 22.6. The van der Waals surface area contributed by atoms with Crippen molar-refractivity contribution < 1.29 is 24.3 Å². The van der Waals surface area contributed by atoms with Gasteiger partial charge in [-0.2, -0.15) is 0 Å². The van der Waals surface area contributed by atoms with Crippen molar-refractivity contribution in [1.82, 2.24) is 4.57 Å². The molecule has 0 aliphatic heterocycles. The number of hydrogen-bond donors (Lipinski definition) is 1. The molecule has 0 saturated heterocycles. The number of para-hydroxylation sites is 1. The molecular weight excluding hydrogens is 616 g/mol. The zero-order valence-corrected chi connectivity index (χ0v) is 26.0. The van der Waals surface area contributed by atoms with Crippen molar-refractivity contribution in [1.29, 1.82) is 0 Å². The van der Waals surface area contributed by atoms with E-state index in [0.717, 1.165) is 33.3 Å². The highest BCUT2D eigenvalue weighted by Crippen LogP contribution is 2.38. The van der Waals surface area contributed by atoms with Crippen LogP contribution in [0.2, 0.25) is 5.02 Å². The van der Waals surface area contributed by atoms with E-state index in [1.165, 1.54) is 18.2 Å². The number of halogens is 1. The summed E-state index contributed by atoms with van der Waals surface area (Å²) >= 11 is 6.58. The Morgan fingerprint density at radius 2 is 1.47 bits per heavy atom. The average Bonchev–Trinajstić information content (AvgIpc) is 3.37. The first-order chi connectivity index (χ1) is 22.9. The predicted molar refractivity (Wildman–Crippen MR) is 181 cm³/mol. The third-order valence-electron chi connectivity index (χ3n) is 8.08. The molecule has 0 aliphatic rings. The Bertz CT molecular complexity index is 1970. The van der Waals surface area contributed by atoms with Gasteiger partial charge in [0, 0.05) is 34.1 Å². The number of hydrogen-bond acceptors (Lipinski definition) is 5. The fourth-order valence-corrected chi connectivity index (χ4v) is 6.10. The summed E-state index contributed by atoms with van der Waals surface area (Å²) in [5, 5.41) is 22.5. The summed E-state index contributed by atoms with van der Waals surface area (Å²) in [6.07, 6.45) is 0.491. The molecule has 5 aromatic carbocycles. The number of nitro benzene ring substituents is 1. The molecule has 0 radical (unpaired) electrons. The summed E-state index contributed by atoms with van der Waals surface area (Å²) < 4.78 is 14.7. The van der Waals surface area contributed by atoms with Gasteiger partial charge >= 0.3 is 5.97 Å². The van der Waals surface area contributed by atoms with E-state index in [1.54, 1.807) is 30.3 Å². The molecular formula is C38H31ClN2O6. The van der Waals surface area contributed by atoms with E-state index in [2.05, 4.69) is 28.8 Å². The molecule has 0 fully saturated rings. The van der Waals surface area contributed by atoms with Gasteiger partial charge in [-0.1, -0.05) is 84.4 Å². The van der Waals surface area contributed by atoms with Gasteiger partial charge in [0.2, 0.25) is 0 Å². The van der Waals surface area contributed by atoms with Crippen molar-refractivity contribution in [2.24, 2.45) is 0 Å². The van der Waals surface area contributed by atoms with Crippen LogP contribution >= 0.6 is 11.6 Å². The molecule has 0 amide bonds. The van der Waals surface area contributed by atoms with Gasteiger partial charge in [-0.15, -0.1) is 0 Å². The summed E-state index contributed by atoms with van der Waals surface area (Å²) in [6, 6.07) is 38.9. The van der Waals surface area contributed by atoms with E-state index in [1.807, 2.05) is 54.6 Å². The van der Waals surface area contributed by atoms with Crippen LogP contribution in [0.3, 0.4) is 0 Å². The molecule has 0 spiro atoms. The molecule has 6 aromatic rings. The van der Waals surface area contributed by atoms with Crippen LogP contribution in [0.4, 0.5) is 5.69 Å². The second-order valence-corrected chi connectivity index (χ2v) is 11.4. The van der Waals surface area contributed by atoms with Gasteiger partial charge in [0.05, 0.1) is 41.9 Å². The number of carbonyl (C=O) groups is 1. The smallest absolute Gasteiger partial charge is 0.335 e. The number of rotatable bonds is 13. The molecule has 0 bridgehead atoms. The Balaban J connectivity index is 1.44. The molecule has 1 N–H and O–H groups in total. The number of aromatic carboxylic acids is 1. The van der Waals surface area contributed by atoms with Crippen LogP contribution in [-0.4, -0.2) is 27.2 Å². The first-order valence-corrected chi connectivity index (χ1v) is 15.5. The number of nitrogens with zero attached hydrogens (tertiary/aromatic N) is 2. The lowest BCUT2D eigenvalue weighted by Crippen LogP contribution is -2.17.